The first-order valence-corrected chi connectivity index (χ1v) is 6.77. The van der Waals surface area contributed by atoms with Crippen molar-refractivity contribution in [2.45, 2.75) is 45.6 Å². The molecule has 0 unspecified atom stereocenters. The Bertz CT molecular complexity index is 333. The summed E-state index contributed by atoms with van der Waals surface area (Å²) in [5.74, 6) is 1.82. The molecule has 0 saturated heterocycles. The summed E-state index contributed by atoms with van der Waals surface area (Å²) in [4.78, 5) is 0. The third-order valence-electron chi connectivity index (χ3n) is 3.47. The second-order valence-corrected chi connectivity index (χ2v) is 5.07. The minimum atomic E-state index is 0.650. The maximum absolute atomic E-state index is 5.44. The Morgan fingerprint density at radius 2 is 2.00 bits per heavy atom. The zero-order valence-electron chi connectivity index (χ0n) is 10.9. The lowest BCUT2D eigenvalue weighted by Crippen LogP contribution is -2.26. The highest BCUT2D eigenvalue weighted by atomic mass is 16.5. The molecule has 0 heterocycles. The van der Waals surface area contributed by atoms with Gasteiger partial charge in [0.25, 0.3) is 0 Å². The van der Waals surface area contributed by atoms with Crippen molar-refractivity contribution >= 4 is 5.69 Å². The van der Waals surface area contributed by atoms with Crippen LogP contribution in [-0.4, -0.2) is 12.6 Å². The summed E-state index contributed by atoms with van der Waals surface area (Å²) in [6, 6.07) is 8.96. The van der Waals surface area contributed by atoms with E-state index in [1.165, 1.54) is 31.4 Å². The monoisotopic (exact) mass is 233 g/mol. The number of hydrogen-bond donors (Lipinski definition) is 1. The van der Waals surface area contributed by atoms with Crippen molar-refractivity contribution in [3.63, 3.8) is 0 Å². The van der Waals surface area contributed by atoms with Crippen LogP contribution in [0.3, 0.4) is 0 Å². The number of rotatable bonds is 4. The van der Waals surface area contributed by atoms with Crippen LogP contribution in [-0.2, 0) is 0 Å². The predicted molar refractivity (Wildman–Crippen MR) is 72.7 cm³/mol. The molecule has 1 aromatic rings. The van der Waals surface area contributed by atoms with Gasteiger partial charge in [-0.3, -0.25) is 0 Å². The number of ether oxygens (including phenoxy) is 1. The molecule has 0 amide bonds. The first-order valence-electron chi connectivity index (χ1n) is 6.77. The Labute approximate surface area is 104 Å². The molecule has 0 aliphatic heterocycles. The largest absolute Gasteiger partial charge is 0.494 e. The van der Waals surface area contributed by atoms with Crippen LogP contribution < -0.4 is 10.1 Å². The number of benzene rings is 1. The lowest BCUT2D eigenvalue weighted by atomic mass is 9.87. The average molecular weight is 233 g/mol. The van der Waals surface area contributed by atoms with Gasteiger partial charge >= 0.3 is 0 Å². The molecular formula is C15H23NO. The van der Waals surface area contributed by atoms with Crippen molar-refractivity contribution in [2.24, 2.45) is 5.92 Å². The van der Waals surface area contributed by atoms with Crippen LogP contribution in [0.2, 0.25) is 0 Å². The van der Waals surface area contributed by atoms with Crippen LogP contribution in [0.4, 0.5) is 5.69 Å². The molecule has 1 aromatic carbocycles. The molecule has 1 N–H and O–H groups in total. The van der Waals surface area contributed by atoms with Gasteiger partial charge in [-0.15, -0.1) is 0 Å². The fraction of sp³-hybridized carbons (Fsp3) is 0.600. The zero-order valence-corrected chi connectivity index (χ0v) is 10.9. The van der Waals surface area contributed by atoms with Crippen LogP contribution >= 0.6 is 0 Å². The van der Waals surface area contributed by atoms with E-state index in [0.29, 0.717) is 6.04 Å². The van der Waals surface area contributed by atoms with Gasteiger partial charge in [0, 0.05) is 11.7 Å². The second-order valence-electron chi connectivity index (χ2n) is 5.07. The van der Waals surface area contributed by atoms with Crippen LogP contribution in [0.5, 0.6) is 5.75 Å². The lowest BCUT2D eigenvalue weighted by Gasteiger charge is -2.28. The Morgan fingerprint density at radius 1 is 1.24 bits per heavy atom. The quantitative estimate of drug-likeness (QED) is 0.846. The normalized spacial score (nSPS) is 24.4. The van der Waals surface area contributed by atoms with E-state index in [9.17, 15) is 0 Å². The molecular weight excluding hydrogens is 210 g/mol. The Morgan fingerprint density at radius 3 is 2.65 bits per heavy atom. The van der Waals surface area contributed by atoms with E-state index in [-0.39, 0.29) is 0 Å². The minimum Gasteiger partial charge on any atom is -0.494 e. The standard InChI is InChI=1S/C15H23NO/c1-3-17-15-9-7-13(8-10-15)16-14-6-4-5-12(2)11-14/h7-10,12,14,16H,3-6,11H2,1-2H3/t12-,14-/m1/s1. The van der Waals surface area contributed by atoms with Gasteiger partial charge in [-0.25, -0.2) is 0 Å². The van der Waals surface area contributed by atoms with Crippen LogP contribution in [0.25, 0.3) is 0 Å². The lowest BCUT2D eigenvalue weighted by molar-refractivity contribution is 0.340. The van der Waals surface area contributed by atoms with Gasteiger partial charge in [0.05, 0.1) is 6.61 Å². The Balaban J connectivity index is 1.89. The summed E-state index contributed by atoms with van der Waals surface area (Å²) in [6.07, 6.45) is 5.35. The highest BCUT2D eigenvalue weighted by molar-refractivity contribution is 5.47. The molecule has 2 atom stereocenters. The second kappa shape index (κ2) is 5.95. The van der Waals surface area contributed by atoms with E-state index in [0.717, 1.165) is 18.3 Å². The summed E-state index contributed by atoms with van der Waals surface area (Å²) in [5, 5.41) is 3.63. The molecule has 0 bridgehead atoms. The molecule has 2 nitrogen and oxygen atoms in total. The summed E-state index contributed by atoms with van der Waals surface area (Å²) >= 11 is 0. The number of anilines is 1. The number of hydrogen-bond acceptors (Lipinski definition) is 2. The molecule has 1 fully saturated rings. The maximum atomic E-state index is 5.44. The smallest absolute Gasteiger partial charge is 0.119 e. The topological polar surface area (TPSA) is 21.3 Å². The first kappa shape index (κ1) is 12.3. The third-order valence-corrected chi connectivity index (χ3v) is 3.47. The molecule has 2 heteroatoms. The molecule has 2 rings (SSSR count). The van der Waals surface area contributed by atoms with Crippen molar-refractivity contribution in [1.29, 1.82) is 0 Å². The van der Waals surface area contributed by atoms with Crippen molar-refractivity contribution in [3.05, 3.63) is 24.3 Å². The number of nitrogens with one attached hydrogen (secondary N) is 1. The SMILES string of the molecule is CCOc1ccc(N[C@@H]2CCC[C@@H](C)C2)cc1. The summed E-state index contributed by atoms with van der Waals surface area (Å²) in [7, 11) is 0. The molecule has 0 radical (unpaired) electrons. The van der Waals surface area contributed by atoms with Gasteiger partial charge in [0.1, 0.15) is 5.75 Å². The molecule has 94 valence electrons. The first-order chi connectivity index (χ1) is 8.28. The summed E-state index contributed by atoms with van der Waals surface area (Å²) in [6.45, 7) is 5.09. The minimum absolute atomic E-state index is 0.650. The van der Waals surface area contributed by atoms with Crippen molar-refractivity contribution in [1.82, 2.24) is 0 Å². The zero-order chi connectivity index (χ0) is 12.1. The van der Waals surface area contributed by atoms with E-state index in [2.05, 4.69) is 24.4 Å². The Hall–Kier alpha value is -1.18. The van der Waals surface area contributed by atoms with E-state index in [1.54, 1.807) is 0 Å². The molecule has 0 spiro atoms. The predicted octanol–water partition coefficient (Wildman–Crippen LogP) is 4.08. The van der Waals surface area contributed by atoms with Gasteiger partial charge in [-0.1, -0.05) is 19.8 Å². The third kappa shape index (κ3) is 3.65. The van der Waals surface area contributed by atoms with Gasteiger partial charge in [-0.05, 0) is 49.9 Å². The van der Waals surface area contributed by atoms with E-state index < -0.39 is 0 Å². The van der Waals surface area contributed by atoms with E-state index in [4.69, 9.17) is 4.74 Å². The molecule has 17 heavy (non-hydrogen) atoms. The van der Waals surface area contributed by atoms with Gasteiger partial charge in [-0.2, -0.15) is 0 Å². The average Bonchev–Trinajstić information content (AvgIpc) is 2.32. The van der Waals surface area contributed by atoms with Gasteiger partial charge in [0.15, 0.2) is 0 Å². The molecule has 1 aliphatic rings. The fourth-order valence-corrected chi connectivity index (χ4v) is 2.61. The fourth-order valence-electron chi connectivity index (χ4n) is 2.61. The summed E-state index contributed by atoms with van der Waals surface area (Å²) < 4.78 is 5.44. The van der Waals surface area contributed by atoms with Crippen molar-refractivity contribution in [3.8, 4) is 5.75 Å². The molecule has 1 aliphatic carbocycles. The van der Waals surface area contributed by atoms with E-state index in [1.807, 2.05) is 19.1 Å². The van der Waals surface area contributed by atoms with Gasteiger partial charge in [0.2, 0.25) is 0 Å². The van der Waals surface area contributed by atoms with Gasteiger partial charge < -0.3 is 10.1 Å². The van der Waals surface area contributed by atoms with Crippen molar-refractivity contribution < 1.29 is 4.74 Å². The van der Waals surface area contributed by atoms with E-state index >= 15 is 0 Å². The highest BCUT2D eigenvalue weighted by Gasteiger charge is 2.18. The maximum Gasteiger partial charge on any atom is 0.119 e. The van der Waals surface area contributed by atoms with Crippen LogP contribution in [0.15, 0.2) is 24.3 Å². The van der Waals surface area contributed by atoms with Crippen LogP contribution in [0.1, 0.15) is 39.5 Å². The summed E-state index contributed by atoms with van der Waals surface area (Å²) in [5.41, 5.74) is 1.22. The molecule has 1 saturated carbocycles. The molecule has 0 aromatic heterocycles. The Kier molecular flexibility index (Phi) is 4.29. The highest BCUT2D eigenvalue weighted by Crippen LogP contribution is 2.26. The van der Waals surface area contributed by atoms with Crippen molar-refractivity contribution in [2.75, 3.05) is 11.9 Å². The van der Waals surface area contributed by atoms with Crippen LogP contribution in [0, 0.1) is 5.92 Å².